The Morgan fingerprint density at radius 1 is 1.45 bits per heavy atom. The van der Waals surface area contributed by atoms with Crippen LogP contribution in [0.1, 0.15) is 32.6 Å². The third-order valence-electron chi connectivity index (χ3n) is 2.59. The summed E-state index contributed by atoms with van der Waals surface area (Å²) in [5, 5.41) is 0. The number of hydrogen-bond acceptors (Lipinski definition) is 2. The largest absolute Gasteiger partial charge is 0.375 e. The lowest BCUT2D eigenvalue weighted by molar-refractivity contribution is -0.000488. The minimum Gasteiger partial charge on any atom is -0.375 e. The SMILES string of the molecule is CCCOC1CC2CCC1O2. The first-order valence-corrected chi connectivity index (χ1v) is 4.67. The van der Waals surface area contributed by atoms with Gasteiger partial charge in [-0.05, 0) is 19.3 Å². The monoisotopic (exact) mass is 156 g/mol. The standard InChI is InChI=1S/C9H16O2/c1-2-5-10-9-6-7-3-4-8(9)11-7/h7-9H,2-6H2,1H3. The lowest BCUT2D eigenvalue weighted by atomic mass is 9.98. The van der Waals surface area contributed by atoms with Crippen molar-refractivity contribution in [1.82, 2.24) is 0 Å². The minimum absolute atomic E-state index is 0.425. The molecule has 11 heavy (non-hydrogen) atoms. The molecule has 2 fully saturated rings. The lowest BCUT2D eigenvalue weighted by Crippen LogP contribution is -2.25. The molecule has 2 bridgehead atoms. The van der Waals surface area contributed by atoms with Gasteiger partial charge in [-0.2, -0.15) is 0 Å². The Labute approximate surface area is 67.9 Å². The molecule has 0 amide bonds. The number of ether oxygens (including phenoxy) is 2. The third kappa shape index (κ3) is 1.42. The molecular formula is C9H16O2. The first-order valence-electron chi connectivity index (χ1n) is 4.67. The van der Waals surface area contributed by atoms with Crippen LogP contribution in [0.4, 0.5) is 0 Å². The average Bonchev–Trinajstić information content (AvgIpc) is 2.60. The molecule has 0 N–H and O–H groups in total. The van der Waals surface area contributed by atoms with Crippen molar-refractivity contribution in [2.75, 3.05) is 6.61 Å². The van der Waals surface area contributed by atoms with Gasteiger partial charge < -0.3 is 9.47 Å². The average molecular weight is 156 g/mol. The van der Waals surface area contributed by atoms with E-state index in [0.717, 1.165) is 19.4 Å². The lowest BCUT2D eigenvalue weighted by Gasteiger charge is -2.18. The smallest absolute Gasteiger partial charge is 0.0861 e. The zero-order valence-corrected chi connectivity index (χ0v) is 7.08. The summed E-state index contributed by atoms with van der Waals surface area (Å²) in [6.45, 7) is 3.05. The van der Waals surface area contributed by atoms with Gasteiger partial charge in [0.05, 0.1) is 18.3 Å². The van der Waals surface area contributed by atoms with Crippen molar-refractivity contribution < 1.29 is 9.47 Å². The van der Waals surface area contributed by atoms with Crippen molar-refractivity contribution in [1.29, 1.82) is 0 Å². The molecular weight excluding hydrogens is 140 g/mol. The maximum absolute atomic E-state index is 5.66. The maximum Gasteiger partial charge on any atom is 0.0861 e. The molecule has 0 aromatic carbocycles. The van der Waals surface area contributed by atoms with Crippen LogP contribution in [0.2, 0.25) is 0 Å². The molecule has 3 unspecified atom stereocenters. The quantitative estimate of drug-likeness (QED) is 0.619. The molecule has 0 radical (unpaired) electrons. The Morgan fingerprint density at radius 2 is 2.36 bits per heavy atom. The second kappa shape index (κ2) is 3.11. The van der Waals surface area contributed by atoms with Gasteiger partial charge in [0.1, 0.15) is 0 Å². The second-order valence-corrected chi connectivity index (χ2v) is 3.52. The number of fused-ring (bicyclic) bond motifs is 2. The normalized spacial score (nSPS) is 41.7. The summed E-state index contributed by atoms with van der Waals surface area (Å²) in [5.74, 6) is 0. The summed E-state index contributed by atoms with van der Waals surface area (Å²) in [5.41, 5.74) is 0. The van der Waals surface area contributed by atoms with E-state index in [0.29, 0.717) is 18.3 Å². The Bertz CT molecular complexity index is 136. The highest BCUT2D eigenvalue weighted by Crippen LogP contribution is 2.35. The maximum atomic E-state index is 5.66. The summed E-state index contributed by atoms with van der Waals surface area (Å²) < 4.78 is 11.3. The molecule has 0 aromatic heterocycles. The van der Waals surface area contributed by atoms with Crippen molar-refractivity contribution in [3.05, 3.63) is 0 Å². The fourth-order valence-electron chi connectivity index (χ4n) is 2.04. The second-order valence-electron chi connectivity index (χ2n) is 3.52. The van der Waals surface area contributed by atoms with E-state index in [1.807, 2.05) is 0 Å². The van der Waals surface area contributed by atoms with E-state index in [4.69, 9.17) is 9.47 Å². The van der Waals surface area contributed by atoms with Crippen LogP contribution in [0.3, 0.4) is 0 Å². The van der Waals surface area contributed by atoms with Gasteiger partial charge in [-0.15, -0.1) is 0 Å². The predicted molar refractivity (Wildman–Crippen MR) is 42.5 cm³/mol. The van der Waals surface area contributed by atoms with Crippen molar-refractivity contribution in [2.45, 2.75) is 50.9 Å². The van der Waals surface area contributed by atoms with Gasteiger partial charge in [-0.25, -0.2) is 0 Å². The predicted octanol–water partition coefficient (Wildman–Crippen LogP) is 1.73. The van der Waals surface area contributed by atoms with Crippen LogP contribution in [0, 0.1) is 0 Å². The molecule has 2 heteroatoms. The first kappa shape index (κ1) is 7.56. The first-order chi connectivity index (χ1) is 5.40. The van der Waals surface area contributed by atoms with E-state index in [-0.39, 0.29) is 0 Å². The van der Waals surface area contributed by atoms with Gasteiger partial charge >= 0.3 is 0 Å². The Kier molecular flexibility index (Phi) is 2.14. The highest BCUT2D eigenvalue weighted by molar-refractivity contribution is 4.90. The van der Waals surface area contributed by atoms with Gasteiger partial charge in [0.2, 0.25) is 0 Å². The Balaban J connectivity index is 1.78. The van der Waals surface area contributed by atoms with Gasteiger partial charge in [0.15, 0.2) is 0 Å². The summed E-state index contributed by atoms with van der Waals surface area (Å²) in [4.78, 5) is 0. The van der Waals surface area contributed by atoms with E-state index in [9.17, 15) is 0 Å². The third-order valence-corrected chi connectivity index (χ3v) is 2.59. The summed E-state index contributed by atoms with van der Waals surface area (Å²) in [7, 11) is 0. The van der Waals surface area contributed by atoms with E-state index < -0.39 is 0 Å². The molecule has 0 saturated carbocycles. The molecule has 0 aromatic rings. The topological polar surface area (TPSA) is 18.5 Å². The van der Waals surface area contributed by atoms with Crippen molar-refractivity contribution >= 4 is 0 Å². The van der Waals surface area contributed by atoms with Gasteiger partial charge in [0.25, 0.3) is 0 Å². The van der Waals surface area contributed by atoms with Crippen LogP contribution >= 0.6 is 0 Å². The van der Waals surface area contributed by atoms with Crippen LogP contribution in [0.5, 0.6) is 0 Å². The number of rotatable bonds is 3. The fraction of sp³-hybridized carbons (Fsp3) is 1.00. The zero-order valence-electron chi connectivity index (χ0n) is 7.08. The molecule has 2 saturated heterocycles. The Morgan fingerprint density at radius 3 is 2.91 bits per heavy atom. The van der Waals surface area contributed by atoms with Gasteiger partial charge in [-0.3, -0.25) is 0 Å². The highest BCUT2D eigenvalue weighted by Gasteiger charge is 2.41. The molecule has 2 heterocycles. The molecule has 2 aliphatic rings. The number of hydrogen-bond donors (Lipinski definition) is 0. The van der Waals surface area contributed by atoms with E-state index in [2.05, 4.69) is 6.92 Å². The van der Waals surface area contributed by atoms with Crippen LogP contribution in [-0.2, 0) is 9.47 Å². The molecule has 2 rings (SSSR count). The molecule has 2 aliphatic heterocycles. The van der Waals surface area contributed by atoms with Crippen LogP contribution in [0.15, 0.2) is 0 Å². The van der Waals surface area contributed by atoms with Crippen LogP contribution in [-0.4, -0.2) is 24.9 Å². The highest BCUT2D eigenvalue weighted by atomic mass is 16.6. The molecule has 3 atom stereocenters. The van der Waals surface area contributed by atoms with E-state index in [1.54, 1.807) is 0 Å². The van der Waals surface area contributed by atoms with Crippen LogP contribution < -0.4 is 0 Å². The summed E-state index contributed by atoms with van der Waals surface area (Å²) in [6.07, 6.45) is 6.14. The molecule has 0 spiro atoms. The molecule has 64 valence electrons. The van der Waals surface area contributed by atoms with Gasteiger partial charge in [-0.1, -0.05) is 6.92 Å². The van der Waals surface area contributed by atoms with E-state index >= 15 is 0 Å². The molecule has 0 aliphatic carbocycles. The van der Waals surface area contributed by atoms with Gasteiger partial charge in [0, 0.05) is 13.0 Å². The van der Waals surface area contributed by atoms with Crippen molar-refractivity contribution in [3.63, 3.8) is 0 Å². The fourth-order valence-corrected chi connectivity index (χ4v) is 2.04. The zero-order chi connectivity index (χ0) is 7.68. The van der Waals surface area contributed by atoms with E-state index in [1.165, 1.54) is 12.8 Å². The molecule has 2 nitrogen and oxygen atoms in total. The van der Waals surface area contributed by atoms with Crippen LogP contribution in [0.25, 0.3) is 0 Å². The summed E-state index contributed by atoms with van der Waals surface area (Å²) in [6, 6.07) is 0. The Hall–Kier alpha value is -0.0800. The van der Waals surface area contributed by atoms with Crippen molar-refractivity contribution in [3.8, 4) is 0 Å². The van der Waals surface area contributed by atoms with Crippen molar-refractivity contribution in [2.24, 2.45) is 0 Å². The minimum atomic E-state index is 0.425. The summed E-state index contributed by atoms with van der Waals surface area (Å²) >= 11 is 0.